The van der Waals surface area contributed by atoms with Gasteiger partial charge in [-0.2, -0.15) is 5.10 Å². The van der Waals surface area contributed by atoms with Crippen LogP contribution < -0.4 is 5.56 Å². The van der Waals surface area contributed by atoms with Crippen molar-refractivity contribution in [2.45, 2.75) is 6.54 Å². The van der Waals surface area contributed by atoms with Gasteiger partial charge in [-0.05, 0) is 48.0 Å². The van der Waals surface area contributed by atoms with Crippen molar-refractivity contribution in [1.82, 2.24) is 9.78 Å². The molecule has 0 unspecified atom stereocenters. The summed E-state index contributed by atoms with van der Waals surface area (Å²) in [5.74, 6) is 0.378. The van der Waals surface area contributed by atoms with Gasteiger partial charge >= 0.3 is 0 Å². The summed E-state index contributed by atoms with van der Waals surface area (Å²) in [6.07, 6.45) is 0. The van der Waals surface area contributed by atoms with Crippen LogP contribution in [-0.2, 0) is 11.3 Å². The van der Waals surface area contributed by atoms with Gasteiger partial charge in [-0.3, -0.25) is 9.59 Å². The highest BCUT2D eigenvalue weighted by Crippen LogP contribution is 2.37. The molecule has 0 N–H and O–H groups in total. The molecule has 7 heteroatoms. The molecule has 2 aromatic carbocycles. The highest BCUT2D eigenvalue weighted by Gasteiger charge is 2.25. The third-order valence-corrected chi connectivity index (χ3v) is 4.24. The van der Waals surface area contributed by atoms with Crippen LogP contribution in [0.15, 0.2) is 57.7 Å². The second kappa shape index (κ2) is 6.02. The summed E-state index contributed by atoms with van der Waals surface area (Å²) >= 11 is 11.4. The predicted molar refractivity (Wildman–Crippen MR) is 96.2 cm³/mol. The third-order valence-electron chi connectivity index (χ3n) is 3.87. The molecule has 5 nitrogen and oxygen atoms in total. The number of carbonyl (C=O) groups is 1. The summed E-state index contributed by atoms with van der Waals surface area (Å²) in [5.41, 5.74) is 1.62. The zero-order valence-corrected chi connectivity index (χ0v) is 14.2. The second-order valence-corrected chi connectivity index (χ2v) is 6.33. The topological polar surface area (TPSA) is 65.1 Å². The SMILES string of the molecule is O=C(Cl)Cn1nc2c3ccccc3oc(-c3ccc(Cl)cc3)c-2c1=O. The Bertz CT molecular complexity index is 1130. The van der Waals surface area contributed by atoms with Gasteiger partial charge in [-0.15, -0.1) is 0 Å². The van der Waals surface area contributed by atoms with Crippen LogP contribution in [0.2, 0.25) is 5.02 Å². The van der Waals surface area contributed by atoms with Crippen LogP contribution in [0.4, 0.5) is 0 Å². The molecule has 0 aromatic heterocycles. The molecule has 2 aromatic rings. The van der Waals surface area contributed by atoms with Crippen molar-refractivity contribution in [3.63, 3.8) is 0 Å². The summed E-state index contributed by atoms with van der Waals surface area (Å²) in [5, 5.41) is 4.89. The number of rotatable bonds is 3. The molecule has 124 valence electrons. The number of fused-ring (bicyclic) bond motifs is 3. The van der Waals surface area contributed by atoms with Crippen LogP contribution in [0.25, 0.3) is 33.6 Å². The third kappa shape index (κ3) is 2.71. The van der Waals surface area contributed by atoms with E-state index in [1.807, 2.05) is 18.2 Å². The first-order chi connectivity index (χ1) is 12.0. The van der Waals surface area contributed by atoms with Gasteiger partial charge in [0.05, 0.1) is 0 Å². The monoisotopic (exact) mass is 372 g/mol. The summed E-state index contributed by atoms with van der Waals surface area (Å²) in [7, 11) is 0. The van der Waals surface area contributed by atoms with Crippen LogP contribution in [-0.4, -0.2) is 15.0 Å². The van der Waals surface area contributed by atoms with Crippen LogP contribution >= 0.6 is 23.2 Å². The smallest absolute Gasteiger partial charge is 0.280 e. The minimum atomic E-state index is -0.667. The quantitative estimate of drug-likeness (QED) is 0.506. The van der Waals surface area contributed by atoms with Crippen molar-refractivity contribution < 1.29 is 9.21 Å². The van der Waals surface area contributed by atoms with Crippen molar-refractivity contribution in [2.24, 2.45) is 0 Å². The van der Waals surface area contributed by atoms with Crippen LogP contribution in [0.3, 0.4) is 0 Å². The lowest BCUT2D eigenvalue weighted by molar-refractivity contribution is -0.112. The Morgan fingerprint density at radius 2 is 1.84 bits per heavy atom. The van der Waals surface area contributed by atoms with E-state index in [0.29, 0.717) is 38.6 Å². The van der Waals surface area contributed by atoms with E-state index in [9.17, 15) is 9.59 Å². The molecule has 2 heterocycles. The summed E-state index contributed by atoms with van der Waals surface area (Å²) in [6.45, 7) is -0.302. The van der Waals surface area contributed by atoms with Crippen molar-refractivity contribution >= 4 is 39.4 Å². The van der Waals surface area contributed by atoms with E-state index in [1.165, 1.54) is 0 Å². The summed E-state index contributed by atoms with van der Waals surface area (Å²) in [6, 6.07) is 14.2. The molecule has 0 spiro atoms. The largest absolute Gasteiger partial charge is 0.455 e. The molecule has 4 rings (SSSR count). The lowest BCUT2D eigenvalue weighted by atomic mass is 10.0. The molecule has 0 bridgehead atoms. The van der Waals surface area contributed by atoms with Gasteiger partial charge in [0, 0.05) is 16.0 Å². The van der Waals surface area contributed by atoms with E-state index in [2.05, 4.69) is 5.10 Å². The number of halogens is 2. The molecule has 0 saturated heterocycles. The maximum atomic E-state index is 12.8. The average molecular weight is 373 g/mol. The zero-order valence-electron chi connectivity index (χ0n) is 12.7. The Morgan fingerprint density at radius 3 is 2.56 bits per heavy atom. The van der Waals surface area contributed by atoms with Gasteiger partial charge in [0.15, 0.2) is 0 Å². The molecule has 0 saturated carbocycles. The maximum absolute atomic E-state index is 12.8. The molecule has 2 aliphatic heterocycles. The molecule has 0 amide bonds. The normalized spacial score (nSPS) is 11.3. The molecule has 0 fully saturated rings. The first kappa shape index (κ1) is 15.9. The standard InChI is InChI=1S/C18H10Cl2N2O3/c19-11-7-5-10(6-8-11)17-15-16(12-3-1-2-4-13(12)25-17)21-22(18(15)24)9-14(20)23/h1-8H,9H2. The average Bonchev–Trinajstić information content (AvgIpc) is 2.91. The van der Waals surface area contributed by atoms with Crippen LogP contribution in [0.5, 0.6) is 0 Å². The first-order valence-electron chi connectivity index (χ1n) is 7.41. The van der Waals surface area contributed by atoms with Gasteiger partial charge in [0.1, 0.15) is 29.1 Å². The Morgan fingerprint density at radius 1 is 1.12 bits per heavy atom. The fourth-order valence-corrected chi connectivity index (χ4v) is 3.02. The lowest BCUT2D eigenvalue weighted by Crippen LogP contribution is -2.19. The number of carbonyl (C=O) groups excluding carboxylic acids is 1. The Kier molecular flexibility index (Phi) is 3.82. The zero-order chi connectivity index (χ0) is 17.6. The molecular formula is C18H10Cl2N2O3. The number of hydrogen-bond donors (Lipinski definition) is 0. The summed E-state index contributed by atoms with van der Waals surface area (Å²) < 4.78 is 7.04. The Balaban J connectivity index is 2.10. The van der Waals surface area contributed by atoms with E-state index < -0.39 is 10.8 Å². The summed E-state index contributed by atoms with van der Waals surface area (Å²) in [4.78, 5) is 24.0. The van der Waals surface area contributed by atoms with E-state index >= 15 is 0 Å². The van der Waals surface area contributed by atoms with Gasteiger partial charge in [0.2, 0.25) is 5.24 Å². The predicted octanol–water partition coefficient (Wildman–Crippen LogP) is 4.18. The van der Waals surface area contributed by atoms with E-state index in [-0.39, 0.29) is 6.54 Å². The van der Waals surface area contributed by atoms with E-state index in [1.54, 1.807) is 30.3 Å². The van der Waals surface area contributed by atoms with Crippen molar-refractivity contribution in [3.05, 3.63) is 63.9 Å². The minimum Gasteiger partial charge on any atom is -0.455 e. The lowest BCUT2D eigenvalue weighted by Gasteiger charge is -2.08. The molecule has 25 heavy (non-hydrogen) atoms. The van der Waals surface area contributed by atoms with Crippen molar-refractivity contribution in [2.75, 3.05) is 0 Å². The second-order valence-electron chi connectivity index (χ2n) is 5.48. The number of nitrogens with zero attached hydrogens (tertiary/aromatic N) is 2. The van der Waals surface area contributed by atoms with Gasteiger partial charge in [-0.1, -0.05) is 23.7 Å². The number of para-hydroxylation sites is 1. The van der Waals surface area contributed by atoms with Gasteiger partial charge < -0.3 is 4.42 Å². The molecule has 0 atom stereocenters. The maximum Gasteiger partial charge on any atom is 0.280 e. The van der Waals surface area contributed by atoms with Gasteiger partial charge in [0.25, 0.3) is 5.56 Å². The van der Waals surface area contributed by atoms with Crippen LogP contribution in [0, 0.1) is 0 Å². The Hall–Kier alpha value is -2.63. The Labute approximate surface area is 151 Å². The van der Waals surface area contributed by atoms with Crippen molar-refractivity contribution in [3.8, 4) is 22.6 Å². The highest BCUT2D eigenvalue weighted by molar-refractivity contribution is 6.63. The van der Waals surface area contributed by atoms with Crippen molar-refractivity contribution in [1.29, 1.82) is 0 Å². The fourth-order valence-electron chi connectivity index (χ4n) is 2.78. The van der Waals surface area contributed by atoms with Crippen LogP contribution in [0.1, 0.15) is 0 Å². The minimum absolute atomic E-state index is 0.302. The van der Waals surface area contributed by atoms with Gasteiger partial charge in [-0.25, -0.2) is 4.68 Å². The molecule has 0 radical (unpaired) electrons. The first-order valence-corrected chi connectivity index (χ1v) is 8.17. The number of aromatic nitrogens is 2. The molecule has 0 aliphatic carbocycles. The highest BCUT2D eigenvalue weighted by atomic mass is 35.5. The molecular weight excluding hydrogens is 363 g/mol. The van der Waals surface area contributed by atoms with E-state index in [4.69, 9.17) is 27.6 Å². The number of benzene rings is 2. The fraction of sp³-hybridized carbons (Fsp3) is 0.0556. The number of hydrogen-bond acceptors (Lipinski definition) is 4. The molecule has 2 aliphatic rings. The van der Waals surface area contributed by atoms with E-state index in [0.717, 1.165) is 4.68 Å².